The smallest absolute Gasteiger partial charge is 0.260 e. The number of likely N-dealkylation sites (N-methyl/N-ethyl adjacent to an activating group) is 1. The van der Waals surface area contributed by atoms with E-state index in [-0.39, 0.29) is 30.8 Å². The van der Waals surface area contributed by atoms with E-state index >= 15 is 0 Å². The zero-order chi connectivity index (χ0) is 21.4. The molecule has 0 aromatic heterocycles. The summed E-state index contributed by atoms with van der Waals surface area (Å²) in [5.41, 5.74) is 1.24. The maximum Gasteiger partial charge on any atom is 0.260 e. The largest absolute Gasteiger partial charge is 0.484 e. The van der Waals surface area contributed by atoms with E-state index in [1.165, 1.54) is 0 Å². The molecule has 2 aromatic rings. The Labute approximate surface area is 179 Å². The molecule has 0 radical (unpaired) electrons. The Hall–Kier alpha value is -3.52. The lowest BCUT2D eigenvalue weighted by atomic mass is 10.1. The van der Waals surface area contributed by atoms with Crippen molar-refractivity contribution in [1.82, 2.24) is 9.80 Å². The van der Waals surface area contributed by atoms with Crippen molar-refractivity contribution >= 4 is 17.8 Å². The van der Waals surface area contributed by atoms with E-state index in [1.807, 2.05) is 13.1 Å². The number of Topliss-reactive ketones (excluding diaryl/α,β-unsaturated/α-hetero) is 1. The van der Waals surface area contributed by atoms with E-state index in [2.05, 4.69) is 4.90 Å². The second-order valence-electron chi connectivity index (χ2n) is 7.68. The second-order valence-corrected chi connectivity index (χ2v) is 7.68. The average molecular weight is 422 g/mol. The first-order valence-corrected chi connectivity index (χ1v) is 10.1. The van der Waals surface area contributed by atoms with Gasteiger partial charge in [-0.25, -0.2) is 0 Å². The Bertz CT molecular complexity index is 1070. The first kappa shape index (κ1) is 19.4. The number of carbonyl (C=O) groups excluding carboxylic acids is 2. The number of ketones is 1. The summed E-state index contributed by atoms with van der Waals surface area (Å²) in [5.74, 6) is 2.19. The molecule has 0 bridgehead atoms. The number of fused-ring (bicyclic) bond motifs is 2. The molecule has 0 unspecified atom stereocenters. The van der Waals surface area contributed by atoms with Crippen LogP contribution in [0.1, 0.15) is 15.9 Å². The second kappa shape index (κ2) is 7.96. The van der Waals surface area contributed by atoms with Gasteiger partial charge >= 0.3 is 0 Å². The Morgan fingerprint density at radius 2 is 1.84 bits per heavy atom. The molecule has 0 spiro atoms. The van der Waals surface area contributed by atoms with Crippen LogP contribution in [0, 0.1) is 0 Å². The molecule has 3 aliphatic heterocycles. The minimum Gasteiger partial charge on any atom is -0.484 e. The van der Waals surface area contributed by atoms with Crippen LogP contribution in [-0.2, 0) is 4.79 Å². The summed E-state index contributed by atoms with van der Waals surface area (Å²) in [6, 6.07) is 10.4. The highest BCUT2D eigenvalue weighted by Gasteiger charge is 2.28. The van der Waals surface area contributed by atoms with Crippen molar-refractivity contribution in [2.45, 2.75) is 0 Å². The monoisotopic (exact) mass is 422 g/mol. The average Bonchev–Trinajstić information content (AvgIpc) is 3.36. The molecule has 2 aromatic carbocycles. The number of carbonyl (C=O) groups is 2. The molecule has 0 atom stereocenters. The summed E-state index contributed by atoms with van der Waals surface area (Å²) >= 11 is 0. The third kappa shape index (κ3) is 3.94. The maximum absolute atomic E-state index is 12.7. The summed E-state index contributed by atoms with van der Waals surface area (Å²) in [7, 11) is 2.04. The lowest BCUT2D eigenvalue weighted by Crippen LogP contribution is -2.48. The van der Waals surface area contributed by atoms with Crippen LogP contribution in [0.25, 0.3) is 6.08 Å². The van der Waals surface area contributed by atoms with Gasteiger partial charge in [-0.15, -0.1) is 0 Å². The number of ether oxygens (including phenoxy) is 4. The fourth-order valence-corrected chi connectivity index (χ4v) is 3.70. The van der Waals surface area contributed by atoms with Gasteiger partial charge in [0.1, 0.15) is 11.5 Å². The van der Waals surface area contributed by atoms with Crippen LogP contribution >= 0.6 is 0 Å². The maximum atomic E-state index is 12.7. The topological polar surface area (TPSA) is 77.5 Å². The summed E-state index contributed by atoms with van der Waals surface area (Å²) < 4.78 is 22.1. The molecule has 0 N–H and O–H groups in total. The number of hydrogen-bond acceptors (Lipinski definition) is 7. The summed E-state index contributed by atoms with van der Waals surface area (Å²) in [5, 5.41) is 0. The highest BCUT2D eigenvalue weighted by atomic mass is 16.7. The minimum atomic E-state index is -0.201. The van der Waals surface area contributed by atoms with Gasteiger partial charge in [-0.3, -0.25) is 9.59 Å². The lowest BCUT2D eigenvalue weighted by molar-refractivity contribution is -0.134. The van der Waals surface area contributed by atoms with Gasteiger partial charge in [0, 0.05) is 32.2 Å². The number of rotatable bonds is 4. The van der Waals surface area contributed by atoms with E-state index < -0.39 is 0 Å². The quantitative estimate of drug-likeness (QED) is 0.699. The normalized spacial score (nSPS) is 18.8. The van der Waals surface area contributed by atoms with Gasteiger partial charge in [0.2, 0.25) is 12.6 Å². The Morgan fingerprint density at radius 1 is 1.03 bits per heavy atom. The molecule has 160 valence electrons. The SMILES string of the molecule is CN1CCN(C(=O)COc2ccc3c(c2)OC(=Cc2ccc4c(c2)OCO4)C3=O)CC1. The Morgan fingerprint density at radius 3 is 2.68 bits per heavy atom. The van der Waals surface area contributed by atoms with E-state index in [9.17, 15) is 9.59 Å². The predicted molar refractivity (Wildman–Crippen MR) is 112 cm³/mol. The van der Waals surface area contributed by atoms with Crippen molar-refractivity contribution in [3.05, 3.63) is 53.3 Å². The molecule has 3 heterocycles. The van der Waals surface area contributed by atoms with Crippen LogP contribution < -0.4 is 18.9 Å². The number of hydrogen-bond donors (Lipinski definition) is 0. The van der Waals surface area contributed by atoms with Gasteiger partial charge in [0.05, 0.1) is 5.56 Å². The van der Waals surface area contributed by atoms with Crippen molar-refractivity contribution in [2.75, 3.05) is 46.6 Å². The van der Waals surface area contributed by atoms with Gasteiger partial charge in [-0.1, -0.05) is 6.07 Å². The first-order valence-electron chi connectivity index (χ1n) is 10.1. The van der Waals surface area contributed by atoms with Gasteiger partial charge in [-0.05, 0) is 43.0 Å². The van der Waals surface area contributed by atoms with E-state index in [0.717, 1.165) is 18.7 Å². The van der Waals surface area contributed by atoms with Crippen molar-refractivity contribution < 1.29 is 28.5 Å². The molecular formula is C23H22N2O6. The molecule has 5 rings (SSSR count). The molecule has 1 fully saturated rings. The van der Waals surface area contributed by atoms with E-state index in [0.29, 0.717) is 41.7 Å². The third-order valence-electron chi connectivity index (χ3n) is 5.55. The molecule has 1 amide bonds. The number of allylic oxidation sites excluding steroid dienone is 1. The number of piperazine rings is 1. The fourth-order valence-electron chi connectivity index (χ4n) is 3.70. The summed E-state index contributed by atoms with van der Waals surface area (Å²) in [6.45, 7) is 3.27. The van der Waals surface area contributed by atoms with Crippen LogP contribution in [0.2, 0.25) is 0 Å². The van der Waals surface area contributed by atoms with Crippen molar-refractivity contribution in [1.29, 1.82) is 0 Å². The third-order valence-corrected chi connectivity index (χ3v) is 5.55. The molecule has 3 aliphatic rings. The van der Waals surface area contributed by atoms with Gasteiger partial charge < -0.3 is 28.7 Å². The number of benzene rings is 2. The molecule has 0 aliphatic carbocycles. The fraction of sp³-hybridized carbons (Fsp3) is 0.304. The first-order chi connectivity index (χ1) is 15.1. The molecular weight excluding hydrogens is 400 g/mol. The van der Waals surface area contributed by atoms with Crippen LogP contribution in [0.5, 0.6) is 23.0 Å². The standard InChI is InChI=1S/C23H22N2O6/c1-24-6-8-25(9-7-24)22(26)13-28-16-3-4-17-19(12-16)31-21(23(17)27)11-15-2-5-18-20(10-15)30-14-29-18/h2-5,10-12H,6-9,13-14H2,1H3. The predicted octanol–water partition coefficient (Wildman–Crippen LogP) is 2.18. The Kier molecular flexibility index (Phi) is 4.99. The Balaban J connectivity index is 1.25. The van der Waals surface area contributed by atoms with Crippen LogP contribution in [0.4, 0.5) is 0 Å². The number of amides is 1. The van der Waals surface area contributed by atoms with Crippen LogP contribution in [0.15, 0.2) is 42.2 Å². The number of nitrogens with zero attached hydrogens (tertiary/aromatic N) is 2. The van der Waals surface area contributed by atoms with Gasteiger partial charge in [0.25, 0.3) is 5.91 Å². The zero-order valence-electron chi connectivity index (χ0n) is 17.1. The van der Waals surface area contributed by atoms with Gasteiger partial charge in [-0.2, -0.15) is 0 Å². The lowest BCUT2D eigenvalue weighted by Gasteiger charge is -2.32. The van der Waals surface area contributed by atoms with E-state index in [4.69, 9.17) is 18.9 Å². The van der Waals surface area contributed by atoms with Crippen LogP contribution in [0.3, 0.4) is 0 Å². The van der Waals surface area contributed by atoms with Crippen molar-refractivity contribution in [2.24, 2.45) is 0 Å². The highest BCUT2D eigenvalue weighted by molar-refractivity contribution is 6.14. The molecule has 8 nitrogen and oxygen atoms in total. The van der Waals surface area contributed by atoms with E-state index in [1.54, 1.807) is 41.3 Å². The molecule has 0 saturated carbocycles. The summed E-state index contributed by atoms with van der Waals surface area (Å²) in [4.78, 5) is 29.1. The molecule has 1 saturated heterocycles. The van der Waals surface area contributed by atoms with Crippen molar-refractivity contribution in [3.63, 3.8) is 0 Å². The minimum absolute atomic E-state index is 0.0453. The van der Waals surface area contributed by atoms with Crippen molar-refractivity contribution in [3.8, 4) is 23.0 Å². The van der Waals surface area contributed by atoms with Gasteiger partial charge in [0.15, 0.2) is 23.9 Å². The highest BCUT2D eigenvalue weighted by Crippen LogP contribution is 2.37. The summed E-state index contributed by atoms with van der Waals surface area (Å²) in [6.07, 6.45) is 1.67. The zero-order valence-corrected chi connectivity index (χ0v) is 17.1. The molecule has 8 heteroatoms. The van der Waals surface area contributed by atoms with Crippen LogP contribution in [-0.4, -0.2) is 68.1 Å². The molecule has 31 heavy (non-hydrogen) atoms.